The first-order valence-corrected chi connectivity index (χ1v) is 10.1. The quantitative estimate of drug-likeness (QED) is 0.229. The van der Waals surface area contributed by atoms with Gasteiger partial charge < -0.3 is 20.1 Å². The van der Waals surface area contributed by atoms with Gasteiger partial charge in [-0.25, -0.2) is 5.43 Å². The van der Waals surface area contributed by atoms with Crippen molar-refractivity contribution in [3.05, 3.63) is 58.1 Å². The molecule has 0 unspecified atom stereocenters. The van der Waals surface area contributed by atoms with Crippen LogP contribution in [0.4, 0.5) is 5.69 Å². The van der Waals surface area contributed by atoms with Crippen LogP contribution in [0.3, 0.4) is 0 Å². The number of nitrogens with zero attached hydrogens (tertiary/aromatic N) is 1. The zero-order valence-electron chi connectivity index (χ0n) is 18.0. The number of hydrogen-bond acceptors (Lipinski definition) is 6. The Morgan fingerprint density at radius 1 is 1.09 bits per heavy atom. The maximum Gasteiger partial charge on any atom is 0.329 e. The Morgan fingerprint density at radius 3 is 2.59 bits per heavy atom. The molecule has 0 atom stereocenters. The predicted octanol–water partition coefficient (Wildman–Crippen LogP) is 2.19. The number of carbonyl (C=O) groups is 3. The van der Waals surface area contributed by atoms with Gasteiger partial charge in [0, 0.05) is 29.9 Å². The number of nitrogens with one attached hydrogen (secondary N) is 3. The smallest absolute Gasteiger partial charge is 0.329 e. The van der Waals surface area contributed by atoms with E-state index in [4.69, 9.17) is 21.1 Å². The van der Waals surface area contributed by atoms with Gasteiger partial charge in [0.15, 0.2) is 6.61 Å². The molecule has 3 N–H and O–H groups in total. The van der Waals surface area contributed by atoms with Gasteiger partial charge in [0.05, 0.1) is 12.8 Å². The zero-order chi connectivity index (χ0) is 23.5. The first-order chi connectivity index (χ1) is 15.3. The van der Waals surface area contributed by atoms with Crippen molar-refractivity contribution in [1.29, 1.82) is 0 Å². The molecule has 10 heteroatoms. The van der Waals surface area contributed by atoms with Gasteiger partial charge in [0.1, 0.15) is 5.75 Å². The minimum atomic E-state index is -0.935. The second-order valence-electron chi connectivity index (χ2n) is 6.79. The SMILES string of the molecule is COCCNC(=O)C(=O)N/N=C\c1cc(Cl)ccc1OCC(=O)Nc1ccc(C)cc1C. The molecule has 0 spiro atoms. The van der Waals surface area contributed by atoms with Gasteiger partial charge in [-0.1, -0.05) is 29.3 Å². The Balaban J connectivity index is 1.95. The van der Waals surface area contributed by atoms with Gasteiger partial charge in [-0.05, 0) is 43.7 Å². The summed E-state index contributed by atoms with van der Waals surface area (Å²) in [6.45, 7) is 4.11. The van der Waals surface area contributed by atoms with Gasteiger partial charge in [-0.2, -0.15) is 5.10 Å². The number of hydrazone groups is 1. The Kier molecular flexibility index (Phi) is 9.65. The lowest BCUT2D eigenvalue weighted by atomic mass is 10.1. The number of ether oxygens (including phenoxy) is 2. The monoisotopic (exact) mass is 460 g/mol. The summed E-state index contributed by atoms with van der Waals surface area (Å²) >= 11 is 6.02. The van der Waals surface area contributed by atoms with E-state index in [0.717, 1.165) is 11.1 Å². The number of anilines is 1. The highest BCUT2D eigenvalue weighted by Crippen LogP contribution is 2.22. The molecule has 0 aliphatic heterocycles. The predicted molar refractivity (Wildman–Crippen MR) is 122 cm³/mol. The van der Waals surface area contributed by atoms with E-state index in [9.17, 15) is 14.4 Å². The largest absolute Gasteiger partial charge is 0.483 e. The highest BCUT2D eigenvalue weighted by molar-refractivity contribution is 6.35. The number of halogens is 1. The molecule has 0 aromatic heterocycles. The van der Waals surface area contributed by atoms with Gasteiger partial charge in [0.25, 0.3) is 5.91 Å². The molecule has 0 heterocycles. The van der Waals surface area contributed by atoms with E-state index in [1.807, 2.05) is 32.0 Å². The van der Waals surface area contributed by atoms with Crippen LogP contribution in [0.2, 0.25) is 5.02 Å². The molecule has 2 aromatic rings. The molecule has 0 aliphatic carbocycles. The molecule has 170 valence electrons. The van der Waals surface area contributed by atoms with E-state index in [-0.39, 0.29) is 25.7 Å². The fourth-order valence-corrected chi connectivity index (χ4v) is 2.77. The summed E-state index contributed by atoms with van der Waals surface area (Å²) in [6, 6.07) is 10.4. The summed E-state index contributed by atoms with van der Waals surface area (Å²) in [6.07, 6.45) is 1.27. The lowest BCUT2D eigenvalue weighted by Gasteiger charge is -2.11. The van der Waals surface area contributed by atoms with E-state index < -0.39 is 11.8 Å². The number of carbonyl (C=O) groups excluding carboxylic acids is 3. The number of amides is 3. The number of benzene rings is 2. The molecule has 0 bridgehead atoms. The van der Waals surface area contributed by atoms with E-state index in [2.05, 4.69) is 21.2 Å². The molecular weight excluding hydrogens is 436 g/mol. The van der Waals surface area contributed by atoms with Gasteiger partial charge >= 0.3 is 11.8 Å². The summed E-state index contributed by atoms with van der Waals surface area (Å²) in [4.78, 5) is 35.6. The topological polar surface area (TPSA) is 118 Å². The van der Waals surface area contributed by atoms with E-state index in [1.54, 1.807) is 18.2 Å². The van der Waals surface area contributed by atoms with Crippen LogP contribution in [0, 0.1) is 13.8 Å². The lowest BCUT2D eigenvalue weighted by molar-refractivity contribution is -0.139. The molecule has 0 saturated carbocycles. The summed E-state index contributed by atoms with van der Waals surface area (Å²) in [7, 11) is 1.48. The molecule has 0 fully saturated rings. The standard InChI is InChI=1S/C22H25ClN4O5/c1-14-4-6-18(15(2)10-14)26-20(28)13-32-19-7-5-17(23)11-16(19)12-25-27-22(30)21(29)24-8-9-31-3/h4-7,10-12H,8-9,13H2,1-3H3,(H,24,29)(H,26,28)(H,27,30)/b25-12-. The van der Waals surface area contributed by atoms with Gasteiger partial charge in [-0.15, -0.1) is 0 Å². The minimum Gasteiger partial charge on any atom is -0.483 e. The molecule has 0 radical (unpaired) electrons. The van der Waals surface area contributed by atoms with Crippen molar-refractivity contribution in [3.63, 3.8) is 0 Å². The third kappa shape index (κ3) is 8.01. The molecule has 32 heavy (non-hydrogen) atoms. The first-order valence-electron chi connectivity index (χ1n) is 9.69. The van der Waals surface area contributed by atoms with Crippen LogP contribution in [-0.4, -0.2) is 50.8 Å². The Bertz CT molecular complexity index is 1010. The summed E-state index contributed by atoms with van der Waals surface area (Å²) < 4.78 is 10.4. The Hall–Kier alpha value is -3.43. The molecular formula is C22H25ClN4O5. The van der Waals surface area contributed by atoms with Crippen molar-refractivity contribution in [2.75, 3.05) is 32.2 Å². The highest BCUT2D eigenvalue weighted by Gasteiger charge is 2.12. The van der Waals surface area contributed by atoms with Crippen LogP contribution in [0.15, 0.2) is 41.5 Å². The maximum atomic E-state index is 12.3. The fourth-order valence-electron chi connectivity index (χ4n) is 2.59. The molecule has 0 saturated heterocycles. The number of aryl methyl sites for hydroxylation is 2. The molecule has 0 aliphatic rings. The van der Waals surface area contributed by atoms with Crippen molar-refractivity contribution in [2.24, 2.45) is 5.10 Å². The summed E-state index contributed by atoms with van der Waals surface area (Å²) in [5, 5.41) is 9.32. The average molecular weight is 461 g/mol. The minimum absolute atomic E-state index is 0.197. The number of rotatable bonds is 9. The van der Waals surface area contributed by atoms with E-state index in [1.165, 1.54) is 13.3 Å². The zero-order valence-corrected chi connectivity index (χ0v) is 18.8. The number of methoxy groups -OCH3 is 1. The van der Waals surface area contributed by atoms with Crippen LogP contribution < -0.4 is 20.8 Å². The van der Waals surface area contributed by atoms with Gasteiger partial charge in [0.2, 0.25) is 0 Å². The molecule has 2 rings (SSSR count). The average Bonchev–Trinajstić information content (AvgIpc) is 2.75. The van der Waals surface area contributed by atoms with E-state index in [0.29, 0.717) is 22.0 Å². The lowest BCUT2D eigenvalue weighted by Crippen LogP contribution is -2.39. The fraction of sp³-hybridized carbons (Fsp3) is 0.273. The summed E-state index contributed by atoms with van der Waals surface area (Å²) in [5.74, 6) is -1.79. The van der Waals surface area contributed by atoms with Crippen LogP contribution in [0.1, 0.15) is 16.7 Å². The third-order valence-electron chi connectivity index (χ3n) is 4.15. The summed E-state index contributed by atoms with van der Waals surface area (Å²) in [5.41, 5.74) is 5.27. The van der Waals surface area contributed by atoms with Crippen molar-refractivity contribution in [1.82, 2.24) is 10.7 Å². The molecule has 2 aromatic carbocycles. The second-order valence-corrected chi connectivity index (χ2v) is 7.22. The maximum absolute atomic E-state index is 12.3. The molecule has 3 amide bonds. The number of hydrogen-bond donors (Lipinski definition) is 3. The highest BCUT2D eigenvalue weighted by atomic mass is 35.5. The van der Waals surface area contributed by atoms with Crippen LogP contribution in [-0.2, 0) is 19.1 Å². The van der Waals surface area contributed by atoms with Crippen LogP contribution >= 0.6 is 11.6 Å². The van der Waals surface area contributed by atoms with Crippen LogP contribution in [0.25, 0.3) is 0 Å². The first kappa shape index (κ1) is 24.8. The normalized spacial score (nSPS) is 10.6. The Morgan fingerprint density at radius 2 is 1.88 bits per heavy atom. The third-order valence-corrected chi connectivity index (χ3v) is 4.39. The molecule has 9 nitrogen and oxygen atoms in total. The van der Waals surface area contributed by atoms with E-state index >= 15 is 0 Å². The van der Waals surface area contributed by atoms with Crippen molar-refractivity contribution >= 4 is 41.2 Å². The van der Waals surface area contributed by atoms with Crippen molar-refractivity contribution < 1.29 is 23.9 Å². The van der Waals surface area contributed by atoms with Crippen LogP contribution in [0.5, 0.6) is 5.75 Å². The van der Waals surface area contributed by atoms with Gasteiger partial charge in [-0.3, -0.25) is 14.4 Å². The van der Waals surface area contributed by atoms with Crippen molar-refractivity contribution in [2.45, 2.75) is 13.8 Å². The Labute approximate surface area is 191 Å². The van der Waals surface area contributed by atoms with Crippen molar-refractivity contribution in [3.8, 4) is 5.75 Å². The second kappa shape index (κ2) is 12.4.